The summed E-state index contributed by atoms with van der Waals surface area (Å²) in [6.07, 6.45) is 6.91. The molecule has 6 heteroatoms. The lowest BCUT2D eigenvalue weighted by atomic mass is 10.0. The van der Waals surface area contributed by atoms with Crippen molar-refractivity contribution in [3.8, 4) is 11.3 Å². The van der Waals surface area contributed by atoms with Gasteiger partial charge < -0.3 is 14.6 Å². The number of nitrogens with zero attached hydrogens (tertiary/aromatic N) is 2. The molecular weight excluding hydrogens is 368 g/mol. The molecule has 29 heavy (non-hydrogen) atoms. The van der Waals surface area contributed by atoms with Crippen molar-refractivity contribution < 1.29 is 14.6 Å². The molecule has 6 nitrogen and oxygen atoms in total. The summed E-state index contributed by atoms with van der Waals surface area (Å²) in [5, 5.41) is 20.2. The molecule has 1 aliphatic carbocycles. The van der Waals surface area contributed by atoms with Gasteiger partial charge in [0.15, 0.2) is 0 Å². The lowest BCUT2D eigenvalue weighted by Gasteiger charge is -2.12. The Balaban J connectivity index is 1.58. The third-order valence-electron chi connectivity index (χ3n) is 6.00. The largest absolute Gasteiger partial charge is 0.437 e. The highest BCUT2D eigenvalue weighted by Gasteiger charge is 2.34. The Hall–Kier alpha value is -2.44. The molecule has 1 fully saturated rings. The summed E-state index contributed by atoms with van der Waals surface area (Å²) in [6.45, 7) is 2.13. The summed E-state index contributed by atoms with van der Waals surface area (Å²) in [5.41, 5.74) is 2.21. The molecule has 2 N–H and O–H groups in total. The van der Waals surface area contributed by atoms with Crippen molar-refractivity contribution in [1.82, 2.24) is 9.55 Å². The molecule has 0 aliphatic heterocycles. The Bertz CT molecular complexity index is 1020. The molecule has 2 heterocycles. The van der Waals surface area contributed by atoms with Crippen LogP contribution in [0.15, 0.2) is 45.7 Å². The minimum absolute atomic E-state index is 0.0770. The number of hydrogen-bond acceptors (Lipinski definition) is 5. The van der Waals surface area contributed by atoms with Crippen molar-refractivity contribution in [3.05, 3.63) is 52.6 Å². The summed E-state index contributed by atoms with van der Waals surface area (Å²) < 4.78 is 7.41. The van der Waals surface area contributed by atoms with Crippen LogP contribution >= 0.6 is 0 Å². The second-order valence-electron chi connectivity index (χ2n) is 8.09. The number of aryl methyl sites for hydroxylation is 1. The molecule has 0 radical (unpaired) electrons. The van der Waals surface area contributed by atoms with E-state index in [1.807, 2.05) is 18.2 Å². The fourth-order valence-electron chi connectivity index (χ4n) is 4.24. The van der Waals surface area contributed by atoms with Crippen LogP contribution in [0.1, 0.15) is 50.6 Å². The van der Waals surface area contributed by atoms with Gasteiger partial charge in [0.1, 0.15) is 5.76 Å². The van der Waals surface area contributed by atoms with Gasteiger partial charge in [0.25, 0.3) is 0 Å². The molecule has 1 aliphatic rings. The maximum Gasteiger partial charge on any atom is 0.351 e. The first kappa shape index (κ1) is 19.9. The number of benzene rings is 1. The highest BCUT2D eigenvalue weighted by molar-refractivity contribution is 5.79. The lowest BCUT2D eigenvalue weighted by molar-refractivity contribution is 0.0906. The lowest BCUT2D eigenvalue weighted by Crippen LogP contribution is -2.25. The first-order chi connectivity index (χ1) is 14.1. The van der Waals surface area contributed by atoms with Gasteiger partial charge in [0.05, 0.1) is 11.5 Å². The van der Waals surface area contributed by atoms with Gasteiger partial charge in [-0.25, -0.2) is 4.79 Å². The Kier molecular flexibility index (Phi) is 5.83. The third kappa shape index (κ3) is 4.14. The van der Waals surface area contributed by atoms with Crippen LogP contribution in [-0.4, -0.2) is 32.5 Å². The molecule has 3 aromatic rings. The molecule has 0 bridgehead atoms. The number of aliphatic hydroxyl groups is 2. The zero-order valence-electron chi connectivity index (χ0n) is 16.8. The number of unbranched alkanes of at least 4 members (excludes halogenated alkanes) is 2. The Morgan fingerprint density at radius 2 is 2.00 bits per heavy atom. The predicted octanol–water partition coefficient (Wildman–Crippen LogP) is 3.69. The summed E-state index contributed by atoms with van der Waals surface area (Å²) in [4.78, 5) is 16.6. The number of aliphatic hydroxyl groups excluding tert-OH is 2. The Labute approximate surface area is 169 Å². The number of aromatic nitrogens is 2. The maximum absolute atomic E-state index is 12.5. The first-order valence-electron chi connectivity index (χ1n) is 10.5. The zero-order valence-corrected chi connectivity index (χ0v) is 16.8. The fourth-order valence-corrected chi connectivity index (χ4v) is 4.24. The van der Waals surface area contributed by atoms with Gasteiger partial charge in [-0.1, -0.05) is 44.0 Å². The predicted molar refractivity (Wildman–Crippen MR) is 112 cm³/mol. The van der Waals surface area contributed by atoms with Crippen LogP contribution in [0.25, 0.3) is 22.4 Å². The van der Waals surface area contributed by atoms with Crippen molar-refractivity contribution >= 4 is 11.1 Å². The van der Waals surface area contributed by atoms with Gasteiger partial charge in [0, 0.05) is 30.3 Å². The standard InChI is InChI=1S/C23H28N2O4/c1-2-3-4-5-15-6-8-16(9-7-15)21-11-17-13-25(23(28)24-22(17)29-21)19-10-18(14-26)20(27)12-19/h6-9,11,13,18-20,26-27H,2-5,10,12,14H2,1H3. The molecule has 3 unspecified atom stereocenters. The molecule has 0 spiro atoms. The number of hydrogen-bond donors (Lipinski definition) is 2. The average Bonchev–Trinajstić information content (AvgIpc) is 3.30. The maximum atomic E-state index is 12.5. The number of furan rings is 1. The van der Waals surface area contributed by atoms with Gasteiger partial charge in [0.2, 0.25) is 5.71 Å². The molecule has 4 rings (SSSR count). The van der Waals surface area contributed by atoms with E-state index in [1.54, 1.807) is 10.8 Å². The van der Waals surface area contributed by atoms with E-state index in [-0.39, 0.29) is 24.3 Å². The van der Waals surface area contributed by atoms with Crippen molar-refractivity contribution in [2.45, 2.75) is 57.6 Å². The number of fused-ring (bicyclic) bond motifs is 1. The van der Waals surface area contributed by atoms with Crippen molar-refractivity contribution in [3.63, 3.8) is 0 Å². The van der Waals surface area contributed by atoms with Crippen LogP contribution in [0.5, 0.6) is 0 Å². The molecule has 0 saturated heterocycles. The van der Waals surface area contributed by atoms with E-state index in [2.05, 4.69) is 24.0 Å². The molecular formula is C23H28N2O4. The van der Waals surface area contributed by atoms with Crippen LogP contribution in [0.2, 0.25) is 0 Å². The molecule has 3 atom stereocenters. The van der Waals surface area contributed by atoms with E-state index < -0.39 is 6.10 Å². The quantitative estimate of drug-likeness (QED) is 0.595. The highest BCUT2D eigenvalue weighted by Crippen LogP contribution is 2.34. The minimum Gasteiger partial charge on any atom is -0.437 e. The van der Waals surface area contributed by atoms with Gasteiger partial charge in [-0.2, -0.15) is 4.98 Å². The van der Waals surface area contributed by atoms with E-state index in [9.17, 15) is 15.0 Å². The molecule has 2 aromatic heterocycles. The van der Waals surface area contributed by atoms with E-state index in [0.29, 0.717) is 24.3 Å². The normalized spacial score (nSPS) is 21.8. The van der Waals surface area contributed by atoms with Crippen LogP contribution in [0, 0.1) is 5.92 Å². The Morgan fingerprint density at radius 1 is 1.21 bits per heavy atom. The Morgan fingerprint density at radius 3 is 2.69 bits per heavy atom. The topological polar surface area (TPSA) is 88.5 Å². The van der Waals surface area contributed by atoms with Crippen LogP contribution in [0.4, 0.5) is 0 Å². The fraction of sp³-hybridized carbons (Fsp3) is 0.478. The summed E-state index contributed by atoms with van der Waals surface area (Å²) in [7, 11) is 0. The van der Waals surface area contributed by atoms with E-state index >= 15 is 0 Å². The van der Waals surface area contributed by atoms with Crippen LogP contribution < -0.4 is 5.69 Å². The average molecular weight is 396 g/mol. The van der Waals surface area contributed by atoms with Crippen LogP contribution in [0.3, 0.4) is 0 Å². The van der Waals surface area contributed by atoms with Crippen molar-refractivity contribution in [2.75, 3.05) is 6.61 Å². The van der Waals surface area contributed by atoms with Gasteiger partial charge >= 0.3 is 5.69 Å². The van der Waals surface area contributed by atoms with E-state index in [4.69, 9.17) is 4.42 Å². The first-order valence-corrected chi connectivity index (χ1v) is 10.5. The second kappa shape index (κ2) is 8.51. The summed E-state index contributed by atoms with van der Waals surface area (Å²) in [5.74, 6) is 0.489. The number of rotatable bonds is 7. The van der Waals surface area contributed by atoms with Crippen LogP contribution in [-0.2, 0) is 6.42 Å². The van der Waals surface area contributed by atoms with E-state index in [0.717, 1.165) is 17.4 Å². The summed E-state index contributed by atoms with van der Waals surface area (Å²) >= 11 is 0. The minimum atomic E-state index is -0.594. The van der Waals surface area contributed by atoms with Crippen molar-refractivity contribution in [1.29, 1.82) is 0 Å². The highest BCUT2D eigenvalue weighted by atomic mass is 16.3. The van der Waals surface area contributed by atoms with E-state index in [1.165, 1.54) is 24.8 Å². The van der Waals surface area contributed by atoms with Crippen molar-refractivity contribution in [2.24, 2.45) is 5.92 Å². The smallest absolute Gasteiger partial charge is 0.351 e. The monoisotopic (exact) mass is 396 g/mol. The second-order valence-corrected chi connectivity index (χ2v) is 8.09. The molecule has 0 amide bonds. The zero-order chi connectivity index (χ0) is 20.4. The van der Waals surface area contributed by atoms with Gasteiger partial charge in [-0.05, 0) is 37.3 Å². The van der Waals surface area contributed by atoms with Gasteiger partial charge in [-0.3, -0.25) is 4.57 Å². The third-order valence-corrected chi connectivity index (χ3v) is 6.00. The van der Waals surface area contributed by atoms with Gasteiger partial charge in [-0.15, -0.1) is 0 Å². The molecule has 1 aromatic carbocycles. The SMILES string of the molecule is CCCCCc1ccc(-c2cc3cn(C4CC(O)C(CO)C4)c(=O)nc3o2)cc1. The molecule has 154 valence electrons. The summed E-state index contributed by atoms with van der Waals surface area (Å²) in [6, 6.07) is 10.1. The molecule has 1 saturated carbocycles.